The minimum atomic E-state index is -2.90. The summed E-state index contributed by atoms with van der Waals surface area (Å²) >= 11 is 0. The summed E-state index contributed by atoms with van der Waals surface area (Å²) in [6.45, 7) is 0. The second-order valence-corrected chi connectivity index (χ2v) is 6.70. The average Bonchev–Trinajstić information content (AvgIpc) is 2.70. The number of nitrogens with two attached hydrogens (primary N) is 1. The van der Waals surface area contributed by atoms with E-state index >= 15 is 0 Å². The summed E-state index contributed by atoms with van der Waals surface area (Å²) in [7, 11) is -1.11. The van der Waals surface area contributed by atoms with E-state index < -0.39 is 9.84 Å². The highest BCUT2D eigenvalue weighted by Gasteiger charge is 2.31. The summed E-state index contributed by atoms with van der Waals surface area (Å²) in [6.07, 6.45) is 0.615. The number of hydrogen-bond acceptors (Lipinski definition) is 3. The number of para-hydroxylation sites is 1. The van der Waals surface area contributed by atoms with Gasteiger partial charge in [0.2, 0.25) is 0 Å². The first-order valence-electron chi connectivity index (χ1n) is 5.80. The Labute approximate surface area is 107 Å². The molecule has 1 aliphatic heterocycles. The molecule has 1 unspecified atom stereocenters. The number of guanidine groups is 1. The summed E-state index contributed by atoms with van der Waals surface area (Å²) < 4.78 is 22.8. The predicted octanol–water partition coefficient (Wildman–Crippen LogP) is 0.752. The molecule has 0 aliphatic carbocycles. The molecule has 98 valence electrons. The zero-order valence-electron chi connectivity index (χ0n) is 10.3. The first-order chi connectivity index (χ1) is 8.48. The molecule has 6 heteroatoms. The van der Waals surface area contributed by atoms with Crippen LogP contribution in [-0.2, 0) is 9.84 Å². The molecule has 2 rings (SSSR count). The predicted molar refractivity (Wildman–Crippen MR) is 72.5 cm³/mol. The van der Waals surface area contributed by atoms with Gasteiger partial charge < -0.3 is 10.6 Å². The molecule has 0 saturated carbocycles. The van der Waals surface area contributed by atoms with E-state index in [4.69, 9.17) is 5.73 Å². The molecule has 0 amide bonds. The van der Waals surface area contributed by atoms with Crippen molar-refractivity contribution in [2.75, 3.05) is 18.6 Å². The van der Waals surface area contributed by atoms with Gasteiger partial charge in [0.1, 0.15) is 0 Å². The van der Waals surface area contributed by atoms with Crippen molar-refractivity contribution in [3.8, 4) is 0 Å². The normalized spacial score (nSPS) is 22.9. The van der Waals surface area contributed by atoms with Crippen LogP contribution in [0.1, 0.15) is 6.42 Å². The first kappa shape index (κ1) is 12.9. The van der Waals surface area contributed by atoms with Crippen molar-refractivity contribution in [2.24, 2.45) is 10.7 Å². The van der Waals surface area contributed by atoms with Gasteiger partial charge in [0.25, 0.3) is 0 Å². The third-order valence-electron chi connectivity index (χ3n) is 3.12. The SMILES string of the molecule is CN(C(N)=Nc1ccccc1)C1CCS(=O)(=O)C1. The lowest BCUT2D eigenvalue weighted by atomic mass is 10.2. The lowest BCUT2D eigenvalue weighted by Gasteiger charge is -2.24. The van der Waals surface area contributed by atoms with Crippen LogP contribution in [0.4, 0.5) is 5.69 Å². The molecule has 0 spiro atoms. The lowest BCUT2D eigenvalue weighted by Crippen LogP contribution is -2.42. The fraction of sp³-hybridized carbons (Fsp3) is 0.417. The molecule has 1 aromatic rings. The summed E-state index contributed by atoms with van der Waals surface area (Å²) in [5.74, 6) is 0.748. The Bertz CT molecular complexity index is 540. The number of nitrogens with zero attached hydrogens (tertiary/aromatic N) is 2. The summed E-state index contributed by atoms with van der Waals surface area (Å²) in [5, 5.41) is 0. The van der Waals surface area contributed by atoms with Crippen molar-refractivity contribution < 1.29 is 8.42 Å². The highest BCUT2D eigenvalue weighted by Crippen LogP contribution is 2.17. The average molecular weight is 267 g/mol. The van der Waals surface area contributed by atoms with Gasteiger partial charge in [0.15, 0.2) is 15.8 Å². The van der Waals surface area contributed by atoms with E-state index in [9.17, 15) is 8.42 Å². The van der Waals surface area contributed by atoms with Crippen LogP contribution in [0, 0.1) is 0 Å². The van der Waals surface area contributed by atoms with E-state index in [-0.39, 0.29) is 17.5 Å². The number of aliphatic imine (C=N–C) groups is 1. The lowest BCUT2D eigenvalue weighted by molar-refractivity contribution is 0.392. The molecule has 1 fully saturated rings. The van der Waals surface area contributed by atoms with Gasteiger partial charge in [-0.25, -0.2) is 13.4 Å². The maximum atomic E-state index is 11.4. The van der Waals surface area contributed by atoms with E-state index in [0.29, 0.717) is 12.4 Å². The van der Waals surface area contributed by atoms with Crippen LogP contribution in [-0.4, -0.2) is 43.9 Å². The molecule has 0 radical (unpaired) electrons. The molecule has 0 aromatic heterocycles. The Kier molecular flexibility index (Phi) is 3.56. The molecule has 1 atom stereocenters. The van der Waals surface area contributed by atoms with Gasteiger partial charge in [-0.2, -0.15) is 0 Å². The van der Waals surface area contributed by atoms with E-state index in [1.54, 1.807) is 11.9 Å². The first-order valence-corrected chi connectivity index (χ1v) is 7.62. The number of rotatable bonds is 2. The molecule has 1 aliphatic rings. The third kappa shape index (κ3) is 3.01. The molecule has 2 N–H and O–H groups in total. The Morgan fingerprint density at radius 1 is 1.39 bits per heavy atom. The Hall–Kier alpha value is -1.56. The van der Waals surface area contributed by atoms with Crippen LogP contribution in [0.15, 0.2) is 35.3 Å². The number of benzene rings is 1. The van der Waals surface area contributed by atoms with E-state index in [0.717, 1.165) is 5.69 Å². The molecular formula is C12H17N3O2S. The quantitative estimate of drug-likeness (QED) is 0.634. The Morgan fingerprint density at radius 3 is 2.61 bits per heavy atom. The van der Waals surface area contributed by atoms with E-state index in [2.05, 4.69) is 4.99 Å². The fourth-order valence-corrected chi connectivity index (χ4v) is 3.76. The summed E-state index contributed by atoms with van der Waals surface area (Å²) in [4.78, 5) is 6.02. The topological polar surface area (TPSA) is 75.8 Å². The zero-order chi connectivity index (χ0) is 13.2. The van der Waals surface area contributed by atoms with Crippen LogP contribution < -0.4 is 5.73 Å². The maximum Gasteiger partial charge on any atom is 0.196 e. The minimum Gasteiger partial charge on any atom is -0.369 e. The third-order valence-corrected chi connectivity index (χ3v) is 4.87. The molecule has 0 bridgehead atoms. The number of sulfone groups is 1. The second kappa shape index (κ2) is 4.97. The van der Waals surface area contributed by atoms with Crippen molar-refractivity contribution in [3.63, 3.8) is 0 Å². The smallest absolute Gasteiger partial charge is 0.196 e. The van der Waals surface area contributed by atoms with Gasteiger partial charge in [0, 0.05) is 13.1 Å². The van der Waals surface area contributed by atoms with Crippen LogP contribution in [0.25, 0.3) is 0 Å². The second-order valence-electron chi connectivity index (χ2n) is 4.47. The van der Waals surface area contributed by atoms with Crippen molar-refractivity contribution in [1.82, 2.24) is 4.90 Å². The highest BCUT2D eigenvalue weighted by molar-refractivity contribution is 7.91. The zero-order valence-corrected chi connectivity index (χ0v) is 11.1. The molecule has 5 nitrogen and oxygen atoms in total. The maximum absolute atomic E-state index is 11.4. The van der Waals surface area contributed by atoms with Gasteiger partial charge in [-0.3, -0.25) is 0 Å². The monoisotopic (exact) mass is 267 g/mol. The van der Waals surface area contributed by atoms with Gasteiger partial charge in [-0.05, 0) is 18.6 Å². The molecule has 1 aromatic carbocycles. The standard InChI is InChI=1S/C12H17N3O2S/c1-15(11-7-8-18(16,17)9-11)12(13)14-10-5-3-2-4-6-10/h2-6,11H,7-9H2,1H3,(H2,13,14). The molecule has 1 heterocycles. The van der Waals surface area contributed by atoms with Crippen molar-refractivity contribution in [3.05, 3.63) is 30.3 Å². The van der Waals surface area contributed by atoms with Gasteiger partial charge in [0.05, 0.1) is 17.2 Å². The molecular weight excluding hydrogens is 250 g/mol. The largest absolute Gasteiger partial charge is 0.369 e. The Balaban J connectivity index is 2.10. The fourth-order valence-electron chi connectivity index (χ4n) is 1.98. The van der Waals surface area contributed by atoms with Crippen molar-refractivity contribution in [2.45, 2.75) is 12.5 Å². The Morgan fingerprint density at radius 2 is 2.06 bits per heavy atom. The van der Waals surface area contributed by atoms with E-state index in [1.165, 1.54) is 0 Å². The summed E-state index contributed by atoms with van der Waals surface area (Å²) in [5.41, 5.74) is 6.67. The van der Waals surface area contributed by atoms with Crippen LogP contribution in [0.3, 0.4) is 0 Å². The van der Waals surface area contributed by atoms with Crippen LogP contribution >= 0.6 is 0 Å². The van der Waals surface area contributed by atoms with Crippen molar-refractivity contribution >= 4 is 21.5 Å². The summed E-state index contributed by atoms with van der Waals surface area (Å²) in [6, 6.07) is 9.31. The van der Waals surface area contributed by atoms with Crippen LogP contribution in [0.5, 0.6) is 0 Å². The molecule has 18 heavy (non-hydrogen) atoms. The number of hydrogen-bond donors (Lipinski definition) is 1. The van der Waals surface area contributed by atoms with Crippen molar-refractivity contribution in [1.29, 1.82) is 0 Å². The van der Waals surface area contributed by atoms with Gasteiger partial charge in [-0.15, -0.1) is 0 Å². The minimum absolute atomic E-state index is 0.0672. The van der Waals surface area contributed by atoms with E-state index in [1.807, 2.05) is 30.3 Å². The van der Waals surface area contributed by atoms with Crippen LogP contribution in [0.2, 0.25) is 0 Å². The molecule has 1 saturated heterocycles. The van der Waals surface area contributed by atoms with Gasteiger partial charge in [-0.1, -0.05) is 18.2 Å². The van der Waals surface area contributed by atoms with Gasteiger partial charge >= 0.3 is 0 Å². The highest BCUT2D eigenvalue weighted by atomic mass is 32.2.